The van der Waals surface area contributed by atoms with E-state index in [4.69, 9.17) is 5.10 Å². The summed E-state index contributed by atoms with van der Waals surface area (Å²) in [6, 6.07) is 15.0. The van der Waals surface area contributed by atoms with Crippen molar-refractivity contribution in [2.75, 3.05) is 7.05 Å². The number of hydrogen-bond donors (Lipinski definition) is 0. The van der Waals surface area contributed by atoms with Crippen LogP contribution in [0.4, 0.5) is 4.39 Å². The maximum atomic E-state index is 13.2. The van der Waals surface area contributed by atoms with Crippen molar-refractivity contribution >= 4 is 10.9 Å². The molecule has 2 bridgehead atoms. The van der Waals surface area contributed by atoms with Crippen LogP contribution in [-0.4, -0.2) is 33.8 Å². The molecule has 0 saturated carbocycles. The summed E-state index contributed by atoms with van der Waals surface area (Å²) in [5.41, 5.74) is 3.35. The van der Waals surface area contributed by atoms with Crippen molar-refractivity contribution in [2.45, 2.75) is 43.8 Å². The van der Waals surface area contributed by atoms with Gasteiger partial charge in [0.2, 0.25) is 0 Å². The Hall–Kier alpha value is -2.20. The fraction of sp³-hybridized carbons (Fsp3) is 0.381. The van der Waals surface area contributed by atoms with Gasteiger partial charge in [0.05, 0.1) is 17.8 Å². The minimum absolute atomic E-state index is 0.198. The van der Waals surface area contributed by atoms with E-state index in [1.807, 2.05) is 18.3 Å². The topological polar surface area (TPSA) is 21.1 Å². The van der Waals surface area contributed by atoms with Gasteiger partial charge in [0.1, 0.15) is 5.82 Å². The van der Waals surface area contributed by atoms with Crippen LogP contribution in [0, 0.1) is 5.82 Å². The number of halogens is 1. The minimum Gasteiger partial charge on any atom is -0.300 e. The first-order valence-corrected chi connectivity index (χ1v) is 9.14. The van der Waals surface area contributed by atoms with E-state index in [0.29, 0.717) is 18.1 Å². The van der Waals surface area contributed by atoms with Gasteiger partial charge < -0.3 is 4.90 Å². The SMILES string of the molecule is CN1C2CCC1CC(n1ncc3ccc(-c4ccc(F)cc4)cc31)C2. The van der Waals surface area contributed by atoms with E-state index >= 15 is 0 Å². The molecule has 5 rings (SSSR count). The molecule has 0 radical (unpaired) electrons. The Bertz CT molecular complexity index is 901. The molecule has 0 N–H and O–H groups in total. The normalized spacial score (nSPS) is 26.4. The number of benzene rings is 2. The summed E-state index contributed by atoms with van der Waals surface area (Å²) in [4.78, 5) is 2.56. The molecule has 2 aliphatic rings. The Labute approximate surface area is 147 Å². The van der Waals surface area contributed by atoms with Crippen LogP contribution in [0.25, 0.3) is 22.0 Å². The zero-order valence-electron chi connectivity index (χ0n) is 14.4. The van der Waals surface area contributed by atoms with Gasteiger partial charge in [-0.1, -0.05) is 24.3 Å². The molecule has 3 aromatic rings. The van der Waals surface area contributed by atoms with Crippen molar-refractivity contribution in [3.63, 3.8) is 0 Å². The molecule has 2 aliphatic heterocycles. The first-order valence-electron chi connectivity index (χ1n) is 9.14. The summed E-state index contributed by atoms with van der Waals surface area (Å²) in [5.74, 6) is -0.198. The van der Waals surface area contributed by atoms with Gasteiger partial charge in [-0.25, -0.2) is 4.39 Å². The highest BCUT2D eigenvalue weighted by Gasteiger charge is 2.39. The quantitative estimate of drug-likeness (QED) is 0.680. The number of fused-ring (bicyclic) bond motifs is 3. The Morgan fingerprint density at radius 3 is 2.32 bits per heavy atom. The second kappa shape index (κ2) is 5.67. The summed E-state index contributed by atoms with van der Waals surface area (Å²) in [7, 11) is 2.27. The monoisotopic (exact) mass is 335 g/mol. The van der Waals surface area contributed by atoms with E-state index < -0.39 is 0 Å². The average molecular weight is 335 g/mol. The zero-order chi connectivity index (χ0) is 17.0. The molecule has 3 nitrogen and oxygen atoms in total. The number of aromatic nitrogens is 2. The van der Waals surface area contributed by atoms with Gasteiger partial charge in [-0.3, -0.25) is 4.68 Å². The van der Waals surface area contributed by atoms with Crippen LogP contribution in [0.1, 0.15) is 31.7 Å². The molecule has 25 heavy (non-hydrogen) atoms. The highest BCUT2D eigenvalue weighted by molar-refractivity contribution is 5.84. The number of hydrogen-bond acceptors (Lipinski definition) is 2. The molecular weight excluding hydrogens is 313 g/mol. The van der Waals surface area contributed by atoms with Crippen molar-refractivity contribution in [1.82, 2.24) is 14.7 Å². The van der Waals surface area contributed by atoms with Crippen molar-refractivity contribution in [3.8, 4) is 11.1 Å². The third-order valence-electron chi connectivity index (χ3n) is 6.20. The van der Waals surface area contributed by atoms with Crippen molar-refractivity contribution in [2.24, 2.45) is 0 Å². The van der Waals surface area contributed by atoms with Gasteiger partial charge in [-0.05, 0) is 62.1 Å². The molecule has 4 heteroatoms. The molecule has 2 fully saturated rings. The third kappa shape index (κ3) is 2.47. The van der Waals surface area contributed by atoms with Crippen LogP contribution in [0.2, 0.25) is 0 Å². The number of piperidine rings is 1. The lowest BCUT2D eigenvalue weighted by Gasteiger charge is -2.36. The second-order valence-electron chi connectivity index (χ2n) is 7.55. The molecule has 0 spiro atoms. The van der Waals surface area contributed by atoms with Crippen molar-refractivity contribution in [1.29, 1.82) is 0 Å². The third-order valence-corrected chi connectivity index (χ3v) is 6.20. The van der Waals surface area contributed by atoms with E-state index in [1.165, 1.54) is 48.7 Å². The van der Waals surface area contributed by atoms with E-state index in [9.17, 15) is 4.39 Å². The average Bonchev–Trinajstić information content (AvgIpc) is 3.11. The van der Waals surface area contributed by atoms with Gasteiger partial charge in [-0.2, -0.15) is 5.10 Å². The van der Waals surface area contributed by atoms with Crippen LogP contribution in [0.5, 0.6) is 0 Å². The van der Waals surface area contributed by atoms with Gasteiger partial charge >= 0.3 is 0 Å². The molecule has 1 aromatic heterocycles. The minimum atomic E-state index is -0.198. The van der Waals surface area contributed by atoms with E-state index in [1.54, 1.807) is 0 Å². The zero-order valence-corrected chi connectivity index (χ0v) is 14.4. The summed E-state index contributed by atoms with van der Waals surface area (Å²) in [5, 5.41) is 5.91. The standard InChI is InChI=1S/C21H22FN3/c1-24-18-8-9-19(24)12-20(11-18)25-21-10-15(2-3-16(21)13-23-25)14-4-6-17(22)7-5-14/h2-7,10,13,18-20H,8-9,11-12H2,1H3. The van der Waals surface area contributed by atoms with Crippen LogP contribution < -0.4 is 0 Å². The summed E-state index contributed by atoms with van der Waals surface area (Å²) in [6.45, 7) is 0. The molecule has 0 amide bonds. The fourth-order valence-corrected chi connectivity index (χ4v) is 4.73. The van der Waals surface area contributed by atoms with Gasteiger partial charge in [0.25, 0.3) is 0 Å². The summed E-state index contributed by atoms with van der Waals surface area (Å²) in [6.07, 6.45) is 6.98. The summed E-state index contributed by atoms with van der Waals surface area (Å²) >= 11 is 0. The van der Waals surface area contributed by atoms with Crippen LogP contribution in [0.3, 0.4) is 0 Å². The Balaban J connectivity index is 1.54. The molecule has 0 aliphatic carbocycles. The van der Waals surface area contributed by atoms with Crippen molar-refractivity contribution in [3.05, 3.63) is 54.5 Å². The smallest absolute Gasteiger partial charge is 0.123 e. The predicted molar refractivity (Wildman–Crippen MR) is 98.0 cm³/mol. The first kappa shape index (κ1) is 15.1. The lowest BCUT2D eigenvalue weighted by Crippen LogP contribution is -2.40. The van der Waals surface area contributed by atoms with E-state index in [0.717, 1.165) is 11.1 Å². The molecule has 2 aromatic carbocycles. The predicted octanol–water partition coefficient (Wildman–Crippen LogP) is 4.64. The Morgan fingerprint density at radius 1 is 0.920 bits per heavy atom. The molecule has 3 heterocycles. The van der Waals surface area contributed by atoms with Gasteiger partial charge in [0, 0.05) is 17.5 Å². The summed E-state index contributed by atoms with van der Waals surface area (Å²) < 4.78 is 15.4. The second-order valence-corrected chi connectivity index (χ2v) is 7.55. The molecular formula is C21H22FN3. The van der Waals surface area contributed by atoms with Crippen molar-refractivity contribution < 1.29 is 4.39 Å². The lowest BCUT2D eigenvalue weighted by atomic mass is 9.97. The van der Waals surface area contributed by atoms with Gasteiger partial charge in [0.15, 0.2) is 0 Å². The first-order chi connectivity index (χ1) is 12.2. The number of rotatable bonds is 2. The molecule has 128 valence electrons. The lowest BCUT2D eigenvalue weighted by molar-refractivity contribution is 0.133. The number of nitrogens with zero attached hydrogens (tertiary/aromatic N) is 3. The molecule has 2 saturated heterocycles. The highest BCUT2D eigenvalue weighted by atomic mass is 19.1. The highest BCUT2D eigenvalue weighted by Crippen LogP contribution is 2.40. The Kier molecular flexibility index (Phi) is 3.42. The Morgan fingerprint density at radius 2 is 1.60 bits per heavy atom. The van der Waals surface area contributed by atoms with Crippen LogP contribution >= 0.6 is 0 Å². The van der Waals surface area contributed by atoms with E-state index in [2.05, 4.69) is 34.8 Å². The van der Waals surface area contributed by atoms with Crippen LogP contribution in [0.15, 0.2) is 48.7 Å². The van der Waals surface area contributed by atoms with E-state index in [-0.39, 0.29) is 5.82 Å². The van der Waals surface area contributed by atoms with Gasteiger partial charge in [-0.15, -0.1) is 0 Å². The van der Waals surface area contributed by atoms with Crippen LogP contribution in [-0.2, 0) is 0 Å². The molecule has 2 unspecified atom stereocenters. The maximum absolute atomic E-state index is 13.2. The molecule has 2 atom stereocenters. The fourth-order valence-electron chi connectivity index (χ4n) is 4.73. The largest absolute Gasteiger partial charge is 0.300 e. The maximum Gasteiger partial charge on any atom is 0.123 e.